The Morgan fingerprint density at radius 1 is 1.00 bits per heavy atom. The first-order valence-corrected chi connectivity index (χ1v) is 7.63. The molecular formula is C17H21N3O3. The van der Waals surface area contributed by atoms with Crippen LogP contribution in [0.2, 0.25) is 0 Å². The monoisotopic (exact) mass is 315 g/mol. The van der Waals surface area contributed by atoms with E-state index in [2.05, 4.69) is 22.0 Å². The molecule has 2 aromatic rings. The highest BCUT2D eigenvalue weighted by molar-refractivity contribution is 5.49. The second kappa shape index (κ2) is 6.32. The van der Waals surface area contributed by atoms with Crippen molar-refractivity contribution in [1.82, 2.24) is 9.55 Å². The van der Waals surface area contributed by atoms with Gasteiger partial charge in [-0.25, -0.2) is 4.98 Å². The Labute approximate surface area is 135 Å². The Balaban J connectivity index is 1.87. The predicted octanol–water partition coefficient (Wildman–Crippen LogP) is 1.40. The van der Waals surface area contributed by atoms with Gasteiger partial charge in [-0.2, -0.15) is 0 Å². The van der Waals surface area contributed by atoms with Crippen molar-refractivity contribution in [2.24, 2.45) is 7.05 Å². The zero-order chi connectivity index (χ0) is 16.4. The third-order valence-electron chi connectivity index (χ3n) is 4.30. The van der Waals surface area contributed by atoms with Crippen molar-refractivity contribution in [1.29, 1.82) is 0 Å². The van der Waals surface area contributed by atoms with Crippen LogP contribution in [0.1, 0.15) is 11.1 Å². The van der Waals surface area contributed by atoms with E-state index in [-0.39, 0.29) is 5.56 Å². The van der Waals surface area contributed by atoms with Crippen LogP contribution >= 0.6 is 0 Å². The summed E-state index contributed by atoms with van der Waals surface area (Å²) in [5.74, 6) is 2.25. The number of hydrogen-bond acceptors (Lipinski definition) is 5. The molecule has 1 aromatic carbocycles. The fourth-order valence-electron chi connectivity index (χ4n) is 2.91. The van der Waals surface area contributed by atoms with Crippen molar-refractivity contribution in [2.45, 2.75) is 12.8 Å². The number of aryl methyl sites for hydroxylation is 1. The fourth-order valence-corrected chi connectivity index (χ4v) is 2.91. The Kier molecular flexibility index (Phi) is 4.23. The molecule has 3 rings (SSSR count). The van der Waals surface area contributed by atoms with Crippen LogP contribution in [0.4, 0.5) is 5.82 Å². The van der Waals surface area contributed by atoms with E-state index in [1.165, 1.54) is 15.7 Å². The van der Waals surface area contributed by atoms with Gasteiger partial charge in [0.1, 0.15) is 5.82 Å². The standard InChI is InChI=1S/C17H21N3O3/c1-19-11-18-16(10-17(19)21)20-6-4-12-8-14(22-2)15(23-3)9-13(12)5-7-20/h8-11H,4-7H2,1-3H3. The summed E-state index contributed by atoms with van der Waals surface area (Å²) in [5.41, 5.74) is 2.48. The minimum atomic E-state index is -0.0416. The molecule has 0 saturated heterocycles. The summed E-state index contributed by atoms with van der Waals surface area (Å²) >= 11 is 0. The highest BCUT2D eigenvalue weighted by atomic mass is 16.5. The molecule has 0 N–H and O–H groups in total. The van der Waals surface area contributed by atoms with Crippen molar-refractivity contribution >= 4 is 5.82 Å². The Morgan fingerprint density at radius 3 is 2.04 bits per heavy atom. The van der Waals surface area contributed by atoms with E-state index >= 15 is 0 Å². The van der Waals surface area contributed by atoms with Gasteiger partial charge < -0.3 is 18.9 Å². The van der Waals surface area contributed by atoms with E-state index in [1.807, 2.05) is 0 Å². The fraction of sp³-hybridized carbons (Fsp3) is 0.412. The van der Waals surface area contributed by atoms with Crippen molar-refractivity contribution < 1.29 is 9.47 Å². The number of methoxy groups -OCH3 is 2. The summed E-state index contributed by atoms with van der Waals surface area (Å²) < 4.78 is 12.3. The number of ether oxygens (including phenoxy) is 2. The van der Waals surface area contributed by atoms with Gasteiger partial charge in [0.05, 0.1) is 20.5 Å². The van der Waals surface area contributed by atoms with E-state index < -0.39 is 0 Å². The maximum atomic E-state index is 11.8. The number of anilines is 1. The Hall–Kier alpha value is -2.50. The number of rotatable bonds is 3. The second-order valence-corrected chi connectivity index (χ2v) is 5.66. The van der Waals surface area contributed by atoms with Gasteiger partial charge in [-0.1, -0.05) is 0 Å². The molecule has 6 heteroatoms. The van der Waals surface area contributed by atoms with Crippen LogP contribution in [0.15, 0.2) is 29.3 Å². The topological polar surface area (TPSA) is 56.6 Å². The highest BCUT2D eigenvalue weighted by Gasteiger charge is 2.18. The van der Waals surface area contributed by atoms with E-state index in [4.69, 9.17) is 9.47 Å². The lowest BCUT2D eigenvalue weighted by Crippen LogP contribution is -2.29. The van der Waals surface area contributed by atoms with Crippen LogP contribution in [-0.4, -0.2) is 36.9 Å². The van der Waals surface area contributed by atoms with Crippen molar-refractivity contribution in [2.75, 3.05) is 32.2 Å². The third kappa shape index (κ3) is 3.02. The van der Waals surface area contributed by atoms with E-state index in [0.717, 1.165) is 43.2 Å². The van der Waals surface area contributed by atoms with Gasteiger partial charge in [0, 0.05) is 26.2 Å². The number of benzene rings is 1. The molecule has 122 valence electrons. The van der Waals surface area contributed by atoms with Crippen LogP contribution in [0.25, 0.3) is 0 Å². The summed E-state index contributed by atoms with van der Waals surface area (Å²) in [6.07, 6.45) is 3.33. The van der Waals surface area contributed by atoms with Gasteiger partial charge in [-0.15, -0.1) is 0 Å². The maximum Gasteiger partial charge on any atom is 0.255 e. The molecule has 0 amide bonds. The van der Waals surface area contributed by atoms with Gasteiger partial charge in [-0.3, -0.25) is 4.79 Å². The van der Waals surface area contributed by atoms with E-state index in [9.17, 15) is 4.79 Å². The zero-order valence-electron chi connectivity index (χ0n) is 13.7. The first kappa shape index (κ1) is 15.4. The van der Waals surface area contributed by atoms with Crippen molar-refractivity contribution in [3.63, 3.8) is 0 Å². The molecule has 6 nitrogen and oxygen atoms in total. The molecule has 0 radical (unpaired) electrons. The average Bonchev–Trinajstić information content (AvgIpc) is 2.78. The minimum Gasteiger partial charge on any atom is -0.493 e. The van der Waals surface area contributed by atoms with Crippen molar-refractivity contribution in [3.8, 4) is 11.5 Å². The van der Waals surface area contributed by atoms with Gasteiger partial charge in [0.2, 0.25) is 0 Å². The lowest BCUT2D eigenvalue weighted by molar-refractivity contribution is 0.354. The lowest BCUT2D eigenvalue weighted by atomic mass is 10.0. The van der Waals surface area contributed by atoms with Crippen molar-refractivity contribution in [3.05, 3.63) is 46.0 Å². The second-order valence-electron chi connectivity index (χ2n) is 5.66. The minimum absolute atomic E-state index is 0.0416. The van der Waals surface area contributed by atoms with Crippen LogP contribution in [0.5, 0.6) is 11.5 Å². The lowest BCUT2D eigenvalue weighted by Gasteiger charge is -2.21. The molecule has 0 unspecified atom stereocenters. The largest absolute Gasteiger partial charge is 0.493 e. The summed E-state index contributed by atoms with van der Waals surface area (Å²) in [6, 6.07) is 5.70. The Bertz CT molecular complexity index is 735. The molecule has 0 saturated carbocycles. The molecule has 2 heterocycles. The smallest absolute Gasteiger partial charge is 0.255 e. The average molecular weight is 315 g/mol. The molecular weight excluding hydrogens is 294 g/mol. The molecule has 0 fully saturated rings. The number of fused-ring (bicyclic) bond motifs is 1. The molecule has 0 aliphatic carbocycles. The maximum absolute atomic E-state index is 11.8. The molecule has 0 spiro atoms. The number of nitrogens with zero attached hydrogens (tertiary/aromatic N) is 3. The first-order valence-electron chi connectivity index (χ1n) is 7.63. The summed E-state index contributed by atoms with van der Waals surface area (Å²) in [7, 11) is 5.00. The van der Waals surface area contributed by atoms with Gasteiger partial charge in [0.25, 0.3) is 5.56 Å². The predicted molar refractivity (Wildman–Crippen MR) is 88.6 cm³/mol. The van der Waals surface area contributed by atoms with Crippen LogP contribution in [0.3, 0.4) is 0 Å². The van der Waals surface area contributed by atoms with E-state index in [0.29, 0.717) is 0 Å². The molecule has 1 aliphatic rings. The van der Waals surface area contributed by atoms with Crippen LogP contribution in [-0.2, 0) is 19.9 Å². The summed E-state index contributed by atoms with van der Waals surface area (Å²) in [6.45, 7) is 1.64. The molecule has 0 atom stereocenters. The SMILES string of the molecule is COc1cc2c(cc1OC)CCN(c1cc(=O)n(C)cn1)CC2. The number of hydrogen-bond donors (Lipinski definition) is 0. The zero-order valence-corrected chi connectivity index (χ0v) is 13.7. The summed E-state index contributed by atoms with van der Waals surface area (Å²) in [5, 5.41) is 0. The van der Waals surface area contributed by atoms with Crippen LogP contribution in [0, 0.1) is 0 Å². The normalized spacial score (nSPS) is 14.1. The molecule has 23 heavy (non-hydrogen) atoms. The quantitative estimate of drug-likeness (QED) is 0.857. The van der Waals surface area contributed by atoms with Gasteiger partial charge >= 0.3 is 0 Å². The molecule has 0 bridgehead atoms. The summed E-state index contributed by atoms with van der Waals surface area (Å²) in [4.78, 5) is 18.3. The molecule has 1 aliphatic heterocycles. The molecule has 1 aromatic heterocycles. The highest BCUT2D eigenvalue weighted by Crippen LogP contribution is 2.32. The van der Waals surface area contributed by atoms with Gasteiger partial charge in [-0.05, 0) is 36.1 Å². The van der Waals surface area contributed by atoms with Gasteiger partial charge in [0.15, 0.2) is 11.5 Å². The third-order valence-corrected chi connectivity index (χ3v) is 4.30. The number of aromatic nitrogens is 2. The first-order chi connectivity index (χ1) is 11.1. The van der Waals surface area contributed by atoms with E-state index in [1.54, 1.807) is 33.7 Å². The Morgan fingerprint density at radius 2 is 1.57 bits per heavy atom. The van der Waals surface area contributed by atoms with Crippen LogP contribution < -0.4 is 19.9 Å².